The van der Waals surface area contributed by atoms with Crippen molar-refractivity contribution in [3.63, 3.8) is 0 Å². The molecule has 0 unspecified atom stereocenters. The van der Waals surface area contributed by atoms with Gasteiger partial charge in [-0.15, -0.1) is 0 Å². The number of benzene rings is 2. The van der Waals surface area contributed by atoms with Crippen LogP contribution in [0.15, 0.2) is 48.5 Å². The molecule has 0 aromatic heterocycles. The van der Waals surface area contributed by atoms with E-state index in [-0.39, 0.29) is 12.4 Å². The van der Waals surface area contributed by atoms with Crippen molar-refractivity contribution in [2.75, 3.05) is 6.61 Å². The van der Waals surface area contributed by atoms with Crippen LogP contribution in [0.4, 0.5) is 0 Å². The molecule has 0 atom stereocenters. The first-order chi connectivity index (χ1) is 9.19. The van der Waals surface area contributed by atoms with Crippen LogP contribution in [0.5, 0.6) is 5.75 Å². The highest BCUT2D eigenvalue weighted by molar-refractivity contribution is 14.1. The third-order valence-electron chi connectivity index (χ3n) is 2.50. The van der Waals surface area contributed by atoms with Crippen molar-refractivity contribution >= 4 is 28.4 Å². The molecule has 0 radical (unpaired) electrons. The number of hydrogen-bond donors (Lipinski definition) is 0. The van der Waals surface area contributed by atoms with Gasteiger partial charge in [0.25, 0.3) is 0 Å². The first-order valence-electron chi connectivity index (χ1n) is 5.61. The van der Waals surface area contributed by atoms with Crippen LogP contribution in [0.3, 0.4) is 0 Å². The molecule has 0 aliphatic heterocycles. The van der Waals surface area contributed by atoms with E-state index in [1.54, 1.807) is 36.4 Å². The first kappa shape index (κ1) is 13.6. The minimum atomic E-state index is -0.0845. The second-order valence-electron chi connectivity index (χ2n) is 3.86. The van der Waals surface area contributed by atoms with Gasteiger partial charge >= 0.3 is 0 Å². The molecule has 19 heavy (non-hydrogen) atoms. The van der Waals surface area contributed by atoms with Crippen LogP contribution >= 0.6 is 22.6 Å². The Morgan fingerprint density at radius 3 is 2.63 bits per heavy atom. The number of nitriles is 1. The Morgan fingerprint density at radius 1 is 1.21 bits per heavy atom. The van der Waals surface area contributed by atoms with Gasteiger partial charge in [0.05, 0.1) is 11.6 Å². The molecule has 0 aliphatic rings. The summed E-state index contributed by atoms with van der Waals surface area (Å²) in [5.74, 6) is 0.441. The predicted molar refractivity (Wildman–Crippen MR) is 80.1 cm³/mol. The molecule has 0 saturated carbocycles. The standard InChI is InChI=1S/C15H10INO2/c16-13-6-4-12(5-7-13)15(18)10-19-14-3-1-2-11(8-14)9-17/h1-8H,10H2. The molecular formula is C15H10INO2. The number of ether oxygens (including phenoxy) is 1. The van der Waals surface area contributed by atoms with Gasteiger partial charge in [-0.05, 0) is 52.9 Å². The van der Waals surface area contributed by atoms with E-state index in [1.807, 2.05) is 18.2 Å². The Morgan fingerprint density at radius 2 is 1.95 bits per heavy atom. The minimum absolute atomic E-state index is 0.0323. The Balaban J connectivity index is 2.00. The van der Waals surface area contributed by atoms with Crippen molar-refractivity contribution in [3.05, 3.63) is 63.2 Å². The van der Waals surface area contributed by atoms with E-state index >= 15 is 0 Å². The zero-order valence-electron chi connectivity index (χ0n) is 9.97. The predicted octanol–water partition coefficient (Wildman–Crippen LogP) is 3.42. The largest absolute Gasteiger partial charge is 0.485 e. The monoisotopic (exact) mass is 363 g/mol. The van der Waals surface area contributed by atoms with Crippen LogP contribution in [0.2, 0.25) is 0 Å². The molecule has 0 spiro atoms. The summed E-state index contributed by atoms with van der Waals surface area (Å²) < 4.78 is 6.47. The van der Waals surface area contributed by atoms with E-state index in [9.17, 15) is 4.79 Å². The Labute approximate surface area is 125 Å². The normalized spacial score (nSPS) is 9.68. The molecule has 4 heteroatoms. The lowest BCUT2D eigenvalue weighted by Gasteiger charge is -2.05. The quantitative estimate of drug-likeness (QED) is 0.618. The van der Waals surface area contributed by atoms with Crippen molar-refractivity contribution < 1.29 is 9.53 Å². The number of nitrogens with zero attached hydrogens (tertiary/aromatic N) is 1. The number of halogens is 1. The van der Waals surface area contributed by atoms with Gasteiger partial charge in [-0.2, -0.15) is 5.26 Å². The maximum Gasteiger partial charge on any atom is 0.200 e. The van der Waals surface area contributed by atoms with E-state index in [4.69, 9.17) is 10.00 Å². The SMILES string of the molecule is N#Cc1cccc(OCC(=O)c2ccc(I)cc2)c1. The molecule has 94 valence electrons. The molecule has 0 N–H and O–H groups in total. The highest BCUT2D eigenvalue weighted by atomic mass is 127. The van der Waals surface area contributed by atoms with Gasteiger partial charge in [0.15, 0.2) is 12.4 Å². The van der Waals surface area contributed by atoms with Crippen molar-refractivity contribution in [1.29, 1.82) is 5.26 Å². The molecule has 3 nitrogen and oxygen atoms in total. The smallest absolute Gasteiger partial charge is 0.200 e. The van der Waals surface area contributed by atoms with Crippen molar-refractivity contribution in [1.82, 2.24) is 0 Å². The Hall–Kier alpha value is -1.87. The van der Waals surface area contributed by atoms with E-state index in [0.29, 0.717) is 16.9 Å². The van der Waals surface area contributed by atoms with Gasteiger partial charge < -0.3 is 4.74 Å². The summed E-state index contributed by atoms with van der Waals surface area (Å²) in [6.45, 7) is -0.0323. The van der Waals surface area contributed by atoms with E-state index in [1.165, 1.54) is 0 Å². The summed E-state index contributed by atoms with van der Waals surface area (Å²) in [6.07, 6.45) is 0. The summed E-state index contributed by atoms with van der Waals surface area (Å²) in [7, 11) is 0. The van der Waals surface area contributed by atoms with Crippen molar-refractivity contribution in [2.24, 2.45) is 0 Å². The van der Waals surface area contributed by atoms with E-state index in [2.05, 4.69) is 22.6 Å². The third-order valence-corrected chi connectivity index (χ3v) is 3.22. The van der Waals surface area contributed by atoms with Gasteiger partial charge in [-0.3, -0.25) is 4.79 Å². The lowest BCUT2D eigenvalue weighted by molar-refractivity contribution is 0.0921. The van der Waals surface area contributed by atoms with Crippen LogP contribution in [0, 0.1) is 14.9 Å². The summed E-state index contributed by atoms with van der Waals surface area (Å²) in [5.41, 5.74) is 1.14. The Kier molecular flexibility index (Phi) is 4.53. The lowest BCUT2D eigenvalue weighted by Crippen LogP contribution is -2.11. The first-order valence-corrected chi connectivity index (χ1v) is 6.68. The second kappa shape index (κ2) is 6.34. The van der Waals surface area contributed by atoms with Crippen molar-refractivity contribution in [2.45, 2.75) is 0 Å². The maximum absolute atomic E-state index is 11.9. The fourth-order valence-corrected chi connectivity index (χ4v) is 1.88. The molecule has 0 aliphatic carbocycles. The van der Waals surface area contributed by atoms with Gasteiger partial charge in [-0.25, -0.2) is 0 Å². The molecule has 0 heterocycles. The molecule has 0 bridgehead atoms. The van der Waals surface area contributed by atoms with Crippen LogP contribution in [0.1, 0.15) is 15.9 Å². The topological polar surface area (TPSA) is 50.1 Å². The molecule has 0 saturated heterocycles. The van der Waals surface area contributed by atoms with Gasteiger partial charge in [0, 0.05) is 9.13 Å². The third kappa shape index (κ3) is 3.80. The number of ketones is 1. The molecule has 0 fully saturated rings. The fraction of sp³-hybridized carbons (Fsp3) is 0.0667. The summed E-state index contributed by atoms with van der Waals surface area (Å²) in [6, 6.07) is 16.1. The van der Waals surface area contributed by atoms with Crippen LogP contribution < -0.4 is 4.74 Å². The molecule has 2 aromatic rings. The number of rotatable bonds is 4. The Bertz CT molecular complexity index is 629. The number of hydrogen-bond acceptors (Lipinski definition) is 3. The van der Waals surface area contributed by atoms with Gasteiger partial charge in [0.1, 0.15) is 5.75 Å². The summed E-state index contributed by atoms with van der Waals surface area (Å²) in [4.78, 5) is 11.9. The van der Waals surface area contributed by atoms with E-state index < -0.39 is 0 Å². The zero-order chi connectivity index (χ0) is 13.7. The average Bonchev–Trinajstić information content (AvgIpc) is 2.46. The average molecular weight is 363 g/mol. The molecular weight excluding hydrogens is 353 g/mol. The van der Waals surface area contributed by atoms with Crippen LogP contribution in [-0.4, -0.2) is 12.4 Å². The van der Waals surface area contributed by atoms with Crippen molar-refractivity contribution in [3.8, 4) is 11.8 Å². The second-order valence-corrected chi connectivity index (χ2v) is 5.10. The highest BCUT2D eigenvalue weighted by Gasteiger charge is 2.06. The van der Waals surface area contributed by atoms with Gasteiger partial charge in [0.2, 0.25) is 0 Å². The van der Waals surface area contributed by atoms with Crippen LogP contribution in [-0.2, 0) is 0 Å². The number of Topliss-reactive ketones (excluding diaryl/α,β-unsaturated/α-hetero) is 1. The molecule has 0 amide bonds. The zero-order valence-corrected chi connectivity index (χ0v) is 12.1. The fourth-order valence-electron chi connectivity index (χ4n) is 1.52. The van der Waals surface area contributed by atoms with Gasteiger partial charge in [-0.1, -0.05) is 18.2 Å². The highest BCUT2D eigenvalue weighted by Crippen LogP contribution is 2.13. The maximum atomic E-state index is 11.9. The summed E-state index contributed by atoms with van der Waals surface area (Å²) in [5, 5.41) is 8.77. The molecule has 2 aromatic carbocycles. The molecule has 2 rings (SSSR count). The number of carbonyl (C=O) groups is 1. The number of carbonyl (C=O) groups excluding carboxylic acids is 1. The lowest BCUT2D eigenvalue weighted by atomic mass is 10.1. The summed E-state index contributed by atoms with van der Waals surface area (Å²) >= 11 is 2.19. The van der Waals surface area contributed by atoms with E-state index in [0.717, 1.165) is 3.57 Å². The van der Waals surface area contributed by atoms with Crippen LogP contribution in [0.25, 0.3) is 0 Å². The minimum Gasteiger partial charge on any atom is -0.485 e.